The van der Waals surface area contributed by atoms with Crippen LogP contribution in [0.15, 0.2) is 0 Å². The molecule has 4 heteroatoms. The predicted molar refractivity (Wildman–Crippen MR) is 50.5 cm³/mol. The van der Waals surface area contributed by atoms with Gasteiger partial charge in [-0.1, -0.05) is 0 Å². The second-order valence-electron chi connectivity index (χ2n) is 3.76. The van der Waals surface area contributed by atoms with Crippen molar-refractivity contribution in [1.29, 1.82) is 0 Å². The van der Waals surface area contributed by atoms with E-state index in [-0.39, 0.29) is 17.8 Å². The van der Waals surface area contributed by atoms with Gasteiger partial charge in [-0.2, -0.15) is 0 Å². The topological polar surface area (TPSA) is 55.8 Å². The van der Waals surface area contributed by atoms with Gasteiger partial charge in [0.15, 0.2) is 6.29 Å². The van der Waals surface area contributed by atoms with Crippen molar-refractivity contribution in [1.82, 2.24) is 0 Å². The molecule has 0 saturated heterocycles. The maximum Gasteiger partial charge on any atom is 0.308 e. The predicted octanol–water partition coefficient (Wildman–Crippen LogP) is 0.931. The summed E-state index contributed by atoms with van der Waals surface area (Å²) in [7, 11) is 2.91. The molecule has 0 aromatic heterocycles. The van der Waals surface area contributed by atoms with Gasteiger partial charge in [0.25, 0.3) is 0 Å². The highest BCUT2D eigenvalue weighted by Gasteiger charge is 2.30. The summed E-state index contributed by atoms with van der Waals surface area (Å²) in [6.07, 6.45) is 2.55. The van der Waals surface area contributed by atoms with Crippen LogP contribution in [0.5, 0.6) is 0 Å². The summed E-state index contributed by atoms with van der Waals surface area (Å²) < 4.78 is 9.53. The monoisotopic (exact) mass is 202 g/mol. The van der Waals surface area contributed by atoms with Crippen LogP contribution in [-0.4, -0.2) is 31.6 Å². The molecule has 0 aromatic rings. The standard InChI is InChI=1S/C10H18O4/c1-13-9(11)7-3-5-8(6-4-7)10(12)14-2/h7-9,11H,3-6H2,1-2H3. The number of aliphatic hydroxyl groups is 1. The molecule has 0 aromatic carbocycles. The summed E-state index contributed by atoms with van der Waals surface area (Å²) in [6, 6.07) is 0. The number of esters is 1. The number of hydrogen-bond acceptors (Lipinski definition) is 4. The van der Waals surface area contributed by atoms with E-state index < -0.39 is 6.29 Å². The highest BCUT2D eigenvalue weighted by molar-refractivity contribution is 5.72. The zero-order valence-corrected chi connectivity index (χ0v) is 8.73. The van der Waals surface area contributed by atoms with Crippen molar-refractivity contribution in [2.75, 3.05) is 14.2 Å². The van der Waals surface area contributed by atoms with Crippen molar-refractivity contribution in [3.05, 3.63) is 0 Å². The zero-order chi connectivity index (χ0) is 10.6. The van der Waals surface area contributed by atoms with E-state index in [0.29, 0.717) is 0 Å². The third kappa shape index (κ3) is 2.69. The van der Waals surface area contributed by atoms with Crippen LogP contribution in [0.1, 0.15) is 25.7 Å². The zero-order valence-electron chi connectivity index (χ0n) is 8.73. The van der Waals surface area contributed by atoms with Crippen molar-refractivity contribution >= 4 is 5.97 Å². The van der Waals surface area contributed by atoms with E-state index in [1.807, 2.05) is 0 Å². The first-order valence-corrected chi connectivity index (χ1v) is 4.97. The average Bonchev–Trinajstić information content (AvgIpc) is 2.27. The van der Waals surface area contributed by atoms with Crippen LogP contribution in [0.2, 0.25) is 0 Å². The van der Waals surface area contributed by atoms with Crippen LogP contribution in [0.4, 0.5) is 0 Å². The van der Waals surface area contributed by atoms with Crippen molar-refractivity contribution in [2.45, 2.75) is 32.0 Å². The molecule has 1 rings (SSSR count). The number of carbonyl (C=O) groups excluding carboxylic acids is 1. The number of hydrogen-bond donors (Lipinski definition) is 1. The van der Waals surface area contributed by atoms with E-state index in [0.717, 1.165) is 25.7 Å². The number of aliphatic hydroxyl groups excluding tert-OH is 1. The molecule has 0 radical (unpaired) electrons. The second kappa shape index (κ2) is 5.32. The van der Waals surface area contributed by atoms with Crippen LogP contribution in [-0.2, 0) is 14.3 Å². The Kier molecular flexibility index (Phi) is 4.35. The van der Waals surface area contributed by atoms with E-state index >= 15 is 0 Å². The van der Waals surface area contributed by atoms with E-state index in [2.05, 4.69) is 4.74 Å². The Balaban J connectivity index is 2.34. The maximum atomic E-state index is 11.2. The Morgan fingerprint density at radius 2 is 1.86 bits per heavy atom. The summed E-state index contributed by atoms with van der Waals surface area (Å²) in [4.78, 5) is 11.2. The highest BCUT2D eigenvalue weighted by atomic mass is 16.6. The minimum atomic E-state index is -0.686. The van der Waals surface area contributed by atoms with Gasteiger partial charge in [-0.15, -0.1) is 0 Å². The molecule has 0 heterocycles. The van der Waals surface area contributed by atoms with Crippen molar-refractivity contribution in [2.24, 2.45) is 11.8 Å². The molecular weight excluding hydrogens is 184 g/mol. The van der Waals surface area contributed by atoms with Gasteiger partial charge in [0.05, 0.1) is 13.0 Å². The molecule has 0 spiro atoms. The Hall–Kier alpha value is -0.610. The molecule has 0 amide bonds. The third-order valence-electron chi connectivity index (χ3n) is 2.95. The van der Waals surface area contributed by atoms with Gasteiger partial charge < -0.3 is 14.6 Å². The number of methoxy groups -OCH3 is 2. The number of carbonyl (C=O) groups is 1. The van der Waals surface area contributed by atoms with Gasteiger partial charge >= 0.3 is 5.97 Å². The quantitative estimate of drug-likeness (QED) is 0.546. The van der Waals surface area contributed by atoms with Crippen molar-refractivity contribution < 1.29 is 19.4 Å². The summed E-state index contributed by atoms with van der Waals surface area (Å²) in [5, 5.41) is 9.43. The fourth-order valence-corrected chi connectivity index (χ4v) is 2.00. The second-order valence-corrected chi connectivity index (χ2v) is 3.76. The van der Waals surface area contributed by atoms with Crippen molar-refractivity contribution in [3.63, 3.8) is 0 Å². The first kappa shape index (κ1) is 11.5. The molecule has 1 fully saturated rings. The third-order valence-corrected chi connectivity index (χ3v) is 2.95. The molecule has 1 N–H and O–H groups in total. The molecule has 1 aliphatic rings. The molecular formula is C10H18O4. The summed E-state index contributed by atoms with van der Waals surface area (Å²) >= 11 is 0. The lowest BCUT2D eigenvalue weighted by Gasteiger charge is -2.29. The molecule has 82 valence electrons. The van der Waals surface area contributed by atoms with Gasteiger partial charge in [0, 0.05) is 13.0 Å². The molecule has 0 aliphatic heterocycles. The Labute approximate surface area is 84.2 Å². The van der Waals surface area contributed by atoms with Crippen LogP contribution in [0.25, 0.3) is 0 Å². The number of ether oxygens (including phenoxy) is 2. The highest BCUT2D eigenvalue weighted by Crippen LogP contribution is 2.31. The first-order valence-electron chi connectivity index (χ1n) is 4.97. The smallest absolute Gasteiger partial charge is 0.308 e. The Bertz CT molecular complexity index is 185. The van der Waals surface area contributed by atoms with Gasteiger partial charge in [0.2, 0.25) is 0 Å². The molecule has 1 saturated carbocycles. The average molecular weight is 202 g/mol. The van der Waals surface area contributed by atoms with E-state index in [1.165, 1.54) is 14.2 Å². The van der Waals surface area contributed by atoms with Crippen LogP contribution in [0.3, 0.4) is 0 Å². The minimum absolute atomic E-state index is 0.0142. The molecule has 4 nitrogen and oxygen atoms in total. The molecule has 1 atom stereocenters. The van der Waals surface area contributed by atoms with Crippen LogP contribution >= 0.6 is 0 Å². The van der Waals surface area contributed by atoms with E-state index in [1.54, 1.807) is 0 Å². The summed E-state index contributed by atoms with van der Waals surface area (Å²) in [5.41, 5.74) is 0. The van der Waals surface area contributed by atoms with E-state index in [4.69, 9.17) is 4.74 Å². The lowest BCUT2D eigenvalue weighted by molar-refractivity contribution is -0.151. The van der Waals surface area contributed by atoms with Gasteiger partial charge in [-0.25, -0.2) is 0 Å². The maximum absolute atomic E-state index is 11.2. The fourth-order valence-electron chi connectivity index (χ4n) is 2.00. The first-order chi connectivity index (χ1) is 6.69. The summed E-state index contributed by atoms with van der Waals surface area (Å²) in [6.45, 7) is 0. The Morgan fingerprint density at radius 1 is 1.29 bits per heavy atom. The fraction of sp³-hybridized carbons (Fsp3) is 0.900. The molecule has 1 unspecified atom stereocenters. The molecule has 0 bridgehead atoms. The lowest BCUT2D eigenvalue weighted by Crippen LogP contribution is -2.30. The van der Waals surface area contributed by atoms with Crippen molar-refractivity contribution in [3.8, 4) is 0 Å². The molecule has 1 aliphatic carbocycles. The SMILES string of the molecule is COC(=O)C1CCC(C(O)OC)CC1. The normalized spacial score (nSPS) is 29.6. The number of rotatable bonds is 3. The van der Waals surface area contributed by atoms with E-state index in [9.17, 15) is 9.90 Å². The van der Waals surface area contributed by atoms with Crippen LogP contribution < -0.4 is 0 Å². The Morgan fingerprint density at radius 3 is 2.29 bits per heavy atom. The minimum Gasteiger partial charge on any atom is -0.469 e. The summed E-state index contributed by atoms with van der Waals surface area (Å²) in [5.74, 6) is 0.0524. The largest absolute Gasteiger partial charge is 0.469 e. The van der Waals surface area contributed by atoms with Crippen LogP contribution in [0, 0.1) is 11.8 Å². The van der Waals surface area contributed by atoms with Gasteiger partial charge in [0.1, 0.15) is 0 Å². The van der Waals surface area contributed by atoms with Gasteiger partial charge in [-0.05, 0) is 25.7 Å². The lowest BCUT2D eigenvalue weighted by atomic mass is 9.82. The molecule has 14 heavy (non-hydrogen) atoms. The van der Waals surface area contributed by atoms with Gasteiger partial charge in [-0.3, -0.25) is 4.79 Å².